The van der Waals surface area contributed by atoms with Crippen LogP contribution in [-0.2, 0) is 9.53 Å². The minimum Gasteiger partial charge on any atom is -0.382 e. The number of hydrogen-bond donors (Lipinski definition) is 3. The van der Waals surface area contributed by atoms with Crippen molar-refractivity contribution >= 4 is 5.91 Å². The van der Waals surface area contributed by atoms with Gasteiger partial charge in [-0.05, 0) is 26.7 Å². The zero-order valence-electron chi connectivity index (χ0n) is 11.9. The maximum atomic E-state index is 11.5. The second-order valence-corrected chi connectivity index (χ2v) is 4.46. The van der Waals surface area contributed by atoms with E-state index in [1.807, 2.05) is 13.8 Å². The van der Waals surface area contributed by atoms with Crippen molar-refractivity contribution in [1.82, 2.24) is 15.6 Å². The Balaban J connectivity index is 3.40. The molecular formula is C12H28N4O2. The molecule has 0 bridgehead atoms. The first-order valence-electron chi connectivity index (χ1n) is 6.60. The molecule has 0 aliphatic rings. The topological polar surface area (TPSA) is 79.6 Å². The van der Waals surface area contributed by atoms with Gasteiger partial charge in [0.2, 0.25) is 5.91 Å². The first-order valence-corrected chi connectivity index (χ1v) is 6.60. The highest BCUT2D eigenvalue weighted by molar-refractivity contribution is 5.75. The van der Waals surface area contributed by atoms with E-state index < -0.39 is 0 Å². The van der Waals surface area contributed by atoms with Crippen LogP contribution in [0.15, 0.2) is 0 Å². The van der Waals surface area contributed by atoms with Crippen molar-refractivity contribution in [3.63, 3.8) is 0 Å². The van der Waals surface area contributed by atoms with Crippen molar-refractivity contribution in [2.45, 2.75) is 39.2 Å². The third-order valence-electron chi connectivity index (χ3n) is 2.49. The van der Waals surface area contributed by atoms with Gasteiger partial charge in [0.25, 0.3) is 0 Å². The Hall–Kier alpha value is -0.690. The van der Waals surface area contributed by atoms with E-state index in [4.69, 9.17) is 10.6 Å². The van der Waals surface area contributed by atoms with E-state index in [9.17, 15) is 4.79 Å². The third kappa shape index (κ3) is 11.8. The largest absolute Gasteiger partial charge is 0.382 e. The summed E-state index contributed by atoms with van der Waals surface area (Å²) in [6.45, 7) is 6.76. The minimum atomic E-state index is 0.0984. The Morgan fingerprint density at radius 1 is 1.50 bits per heavy atom. The van der Waals surface area contributed by atoms with Crippen LogP contribution in [0.25, 0.3) is 0 Å². The van der Waals surface area contributed by atoms with Crippen molar-refractivity contribution in [1.29, 1.82) is 0 Å². The van der Waals surface area contributed by atoms with Crippen LogP contribution >= 0.6 is 0 Å². The monoisotopic (exact) mass is 260 g/mol. The summed E-state index contributed by atoms with van der Waals surface area (Å²) >= 11 is 0. The zero-order valence-corrected chi connectivity index (χ0v) is 11.9. The van der Waals surface area contributed by atoms with Gasteiger partial charge in [-0.2, -0.15) is 0 Å². The lowest BCUT2D eigenvalue weighted by molar-refractivity contribution is -0.121. The predicted molar refractivity (Wildman–Crippen MR) is 72.8 cm³/mol. The van der Waals surface area contributed by atoms with Crippen LogP contribution in [0.1, 0.15) is 33.1 Å². The molecule has 18 heavy (non-hydrogen) atoms. The number of carbonyl (C=O) groups is 1. The average molecular weight is 260 g/mol. The van der Waals surface area contributed by atoms with E-state index in [0.717, 1.165) is 19.4 Å². The number of nitrogens with zero attached hydrogens (tertiary/aromatic N) is 1. The molecule has 0 aromatic rings. The third-order valence-corrected chi connectivity index (χ3v) is 2.49. The van der Waals surface area contributed by atoms with Crippen molar-refractivity contribution in [2.24, 2.45) is 5.84 Å². The van der Waals surface area contributed by atoms with E-state index in [1.54, 1.807) is 12.1 Å². The fourth-order valence-electron chi connectivity index (χ4n) is 1.38. The number of nitrogens with one attached hydrogen (secondary N) is 2. The normalized spacial score (nSPS) is 12.7. The SMILES string of the molecule is CCOCCCNC(=O)CCC(C)NCN(C)N. The fraction of sp³-hybridized carbons (Fsp3) is 0.917. The van der Waals surface area contributed by atoms with Crippen LogP contribution in [-0.4, -0.2) is 50.4 Å². The van der Waals surface area contributed by atoms with E-state index in [2.05, 4.69) is 10.6 Å². The van der Waals surface area contributed by atoms with E-state index in [1.165, 1.54) is 0 Å². The highest BCUT2D eigenvalue weighted by Gasteiger charge is 2.06. The van der Waals surface area contributed by atoms with Gasteiger partial charge in [0.05, 0.1) is 6.67 Å². The lowest BCUT2D eigenvalue weighted by atomic mass is 10.2. The summed E-state index contributed by atoms with van der Waals surface area (Å²) in [6, 6.07) is 0.283. The first-order chi connectivity index (χ1) is 8.56. The highest BCUT2D eigenvalue weighted by atomic mass is 16.5. The molecule has 4 N–H and O–H groups in total. The Kier molecular flexibility index (Phi) is 11.0. The highest BCUT2D eigenvalue weighted by Crippen LogP contribution is 1.96. The molecular weight excluding hydrogens is 232 g/mol. The Morgan fingerprint density at radius 2 is 2.22 bits per heavy atom. The Morgan fingerprint density at radius 3 is 2.83 bits per heavy atom. The lowest BCUT2D eigenvalue weighted by Gasteiger charge is -2.16. The molecule has 0 aliphatic heterocycles. The lowest BCUT2D eigenvalue weighted by Crippen LogP contribution is -2.40. The number of nitrogens with two attached hydrogens (primary N) is 1. The van der Waals surface area contributed by atoms with Crippen molar-refractivity contribution in [3.8, 4) is 0 Å². The minimum absolute atomic E-state index is 0.0984. The fourth-order valence-corrected chi connectivity index (χ4v) is 1.38. The molecule has 0 rings (SSSR count). The van der Waals surface area contributed by atoms with Crippen LogP contribution < -0.4 is 16.5 Å². The van der Waals surface area contributed by atoms with Crippen LogP contribution in [0.4, 0.5) is 0 Å². The maximum absolute atomic E-state index is 11.5. The first kappa shape index (κ1) is 17.3. The number of amides is 1. The van der Waals surface area contributed by atoms with Gasteiger partial charge in [0.1, 0.15) is 0 Å². The van der Waals surface area contributed by atoms with Gasteiger partial charge in [-0.15, -0.1) is 0 Å². The average Bonchev–Trinajstić information content (AvgIpc) is 2.33. The second kappa shape index (κ2) is 11.4. The quantitative estimate of drug-likeness (QED) is 0.212. The van der Waals surface area contributed by atoms with Crippen molar-refractivity contribution in [2.75, 3.05) is 33.5 Å². The Bertz CT molecular complexity index is 212. The molecule has 6 nitrogen and oxygen atoms in total. The molecule has 0 spiro atoms. The standard InChI is InChI=1S/C12H28N4O2/c1-4-18-9-5-8-14-12(17)7-6-11(2)15-10-16(3)13/h11,15H,4-10,13H2,1-3H3,(H,14,17). The second-order valence-electron chi connectivity index (χ2n) is 4.46. The molecule has 0 radical (unpaired) electrons. The summed E-state index contributed by atoms with van der Waals surface area (Å²) in [4.78, 5) is 11.5. The van der Waals surface area contributed by atoms with Gasteiger partial charge < -0.3 is 15.4 Å². The van der Waals surface area contributed by atoms with Gasteiger partial charge in [0.15, 0.2) is 0 Å². The van der Waals surface area contributed by atoms with Gasteiger partial charge in [0, 0.05) is 39.3 Å². The summed E-state index contributed by atoms with van der Waals surface area (Å²) in [6.07, 6.45) is 2.22. The maximum Gasteiger partial charge on any atom is 0.220 e. The molecule has 0 saturated heterocycles. The van der Waals surface area contributed by atoms with Gasteiger partial charge in [-0.1, -0.05) is 0 Å². The molecule has 0 saturated carbocycles. The zero-order chi connectivity index (χ0) is 13.8. The molecule has 1 unspecified atom stereocenters. The summed E-state index contributed by atoms with van der Waals surface area (Å²) in [5.41, 5.74) is 0. The van der Waals surface area contributed by atoms with Gasteiger partial charge in [-0.25, -0.2) is 5.01 Å². The van der Waals surface area contributed by atoms with E-state index in [-0.39, 0.29) is 11.9 Å². The molecule has 1 atom stereocenters. The number of hydrazine groups is 1. The number of ether oxygens (including phenoxy) is 1. The molecule has 0 aromatic heterocycles. The van der Waals surface area contributed by atoms with E-state index >= 15 is 0 Å². The van der Waals surface area contributed by atoms with Crippen molar-refractivity contribution in [3.05, 3.63) is 0 Å². The molecule has 6 heteroatoms. The molecule has 1 amide bonds. The van der Waals surface area contributed by atoms with E-state index in [0.29, 0.717) is 26.2 Å². The smallest absolute Gasteiger partial charge is 0.220 e. The molecule has 0 fully saturated rings. The van der Waals surface area contributed by atoms with Crippen LogP contribution in [0, 0.1) is 0 Å². The summed E-state index contributed by atoms with van der Waals surface area (Å²) in [7, 11) is 1.80. The number of hydrogen-bond acceptors (Lipinski definition) is 5. The molecule has 0 aliphatic carbocycles. The summed E-state index contributed by atoms with van der Waals surface area (Å²) < 4.78 is 5.19. The van der Waals surface area contributed by atoms with Crippen LogP contribution in [0.3, 0.4) is 0 Å². The predicted octanol–water partition coefficient (Wildman–Crippen LogP) is 0.0505. The van der Waals surface area contributed by atoms with Crippen molar-refractivity contribution < 1.29 is 9.53 Å². The number of rotatable bonds is 11. The molecule has 0 aromatic carbocycles. The number of carbonyl (C=O) groups excluding carboxylic acids is 1. The Labute approximate surface area is 110 Å². The van der Waals surface area contributed by atoms with Gasteiger partial charge in [-0.3, -0.25) is 10.6 Å². The van der Waals surface area contributed by atoms with Crippen LogP contribution in [0.2, 0.25) is 0 Å². The molecule has 0 heterocycles. The van der Waals surface area contributed by atoms with Gasteiger partial charge >= 0.3 is 0 Å². The molecule has 108 valence electrons. The summed E-state index contributed by atoms with van der Waals surface area (Å²) in [5, 5.41) is 7.68. The van der Waals surface area contributed by atoms with Crippen LogP contribution in [0.5, 0.6) is 0 Å². The summed E-state index contributed by atoms with van der Waals surface area (Å²) in [5.74, 6) is 5.58.